The molecule has 0 atom stereocenters. The molecule has 1 amide bonds. The van der Waals surface area contributed by atoms with Crippen LogP contribution in [0.4, 0.5) is 0 Å². The molecule has 0 saturated heterocycles. The number of carbonyl (C=O) groups excluding carboxylic acids is 2. The van der Waals surface area contributed by atoms with Gasteiger partial charge in [-0.1, -0.05) is 37.8 Å². The summed E-state index contributed by atoms with van der Waals surface area (Å²) in [4.78, 5) is 25.9. The molecule has 0 unspecified atom stereocenters. The van der Waals surface area contributed by atoms with E-state index < -0.39 is 0 Å². The van der Waals surface area contributed by atoms with Gasteiger partial charge in [-0.25, -0.2) is 0 Å². The third kappa shape index (κ3) is 7.51. The number of nitrogens with zero attached hydrogens (tertiary/aromatic N) is 1. The largest absolute Gasteiger partial charge is 0.466 e. The molecule has 0 aliphatic rings. The summed E-state index contributed by atoms with van der Waals surface area (Å²) in [6.45, 7) is 5.32. The Kier molecular flexibility index (Phi) is 9.37. The van der Waals surface area contributed by atoms with E-state index in [1.807, 2.05) is 0 Å². The van der Waals surface area contributed by atoms with Crippen molar-refractivity contribution in [3.05, 3.63) is 34.9 Å². The van der Waals surface area contributed by atoms with Crippen molar-refractivity contribution in [2.75, 3.05) is 19.7 Å². The molecule has 1 aromatic carbocycles. The number of unbranched alkanes of at least 4 members (excludes halogenated alkanes) is 3. The Morgan fingerprint density at radius 1 is 1.04 bits per heavy atom. The van der Waals surface area contributed by atoms with Crippen molar-refractivity contribution in [2.24, 2.45) is 0 Å². The summed E-state index contributed by atoms with van der Waals surface area (Å²) < 4.78 is 4.94. The molecule has 0 heterocycles. The van der Waals surface area contributed by atoms with Gasteiger partial charge in [-0.2, -0.15) is 0 Å². The zero-order chi connectivity index (χ0) is 17.1. The van der Waals surface area contributed by atoms with E-state index in [1.165, 1.54) is 0 Å². The number of esters is 1. The van der Waals surface area contributed by atoms with Crippen molar-refractivity contribution in [1.82, 2.24) is 4.90 Å². The first kappa shape index (κ1) is 19.5. The predicted octanol–water partition coefficient (Wildman–Crippen LogP) is 4.32. The second-order valence-corrected chi connectivity index (χ2v) is 5.85. The Labute approximate surface area is 143 Å². The highest BCUT2D eigenvalue weighted by molar-refractivity contribution is 6.30. The van der Waals surface area contributed by atoms with Gasteiger partial charge in [-0.15, -0.1) is 0 Å². The fraction of sp³-hybridized carbons (Fsp3) is 0.556. The van der Waals surface area contributed by atoms with Crippen LogP contribution in [0.1, 0.15) is 56.3 Å². The lowest BCUT2D eigenvalue weighted by molar-refractivity contribution is -0.143. The fourth-order valence-electron chi connectivity index (χ4n) is 2.28. The third-order valence-electron chi connectivity index (χ3n) is 3.55. The highest BCUT2D eigenvalue weighted by Crippen LogP contribution is 2.13. The van der Waals surface area contributed by atoms with Gasteiger partial charge < -0.3 is 9.64 Å². The second-order valence-electron chi connectivity index (χ2n) is 5.41. The van der Waals surface area contributed by atoms with E-state index in [0.29, 0.717) is 30.3 Å². The van der Waals surface area contributed by atoms with Gasteiger partial charge in [0.15, 0.2) is 0 Å². The lowest BCUT2D eigenvalue weighted by Gasteiger charge is -2.22. The van der Waals surface area contributed by atoms with Crippen LogP contribution >= 0.6 is 11.6 Å². The number of halogens is 1. The van der Waals surface area contributed by atoms with Crippen LogP contribution in [-0.4, -0.2) is 36.5 Å². The Balaban J connectivity index is 2.66. The zero-order valence-corrected chi connectivity index (χ0v) is 14.8. The molecule has 0 aromatic heterocycles. The summed E-state index contributed by atoms with van der Waals surface area (Å²) in [6.07, 6.45) is 4.55. The Hall–Kier alpha value is -1.55. The Morgan fingerprint density at radius 3 is 2.35 bits per heavy atom. The smallest absolute Gasteiger partial charge is 0.307 e. The third-order valence-corrected chi connectivity index (χ3v) is 3.80. The van der Waals surface area contributed by atoms with Gasteiger partial charge in [-0.3, -0.25) is 9.59 Å². The van der Waals surface area contributed by atoms with Gasteiger partial charge in [0.1, 0.15) is 0 Å². The first-order valence-corrected chi connectivity index (χ1v) is 8.66. The number of amides is 1. The predicted molar refractivity (Wildman–Crippen MR) is 92.7 cm³/mol. The Morgan fingerprint density at radius 2 is 1.74 bits per heavy atom. The van der Waals surface area contributed by atoms with E-state index in [0.717, 1.165) is 25.7 Å². The Bertz CT molecular complexity index is 488. The van der Waals surface area contributed by atoms with E-state index in [2.05, 4.69) is 6.92 Å². The molecule has 0 radical (unpaired) electrons. The topological polar surface area (TPSA) is 46.6 Å². The van der Waals surface area contributed by atoms with Crippen LogP contribution < -0.4 is 0 Å². The van der Waals surface area contributed by atoms with E-state index in [4.69, 9.17) is 16.3 Å². The first-order chi connectivity index (χ1) is 11.1. The van der Waals surface area contributed by atoms with Gasteiger partial charge in [0.25, 0.3) is 5.91 Å². The van der Waals surface area contributed by atoms with Crippen molar-refractivity contribution in [3.63, 3.8) is 0 Å². The van der Waals surface area contributed by atoms with Gasteiger partial charge in [0, 0.05) is 23.7 Å². The zero-order valence-electron chi connectivity index (χ0n) is 14.0. The summed E-state index contributed by atoms with van der Waals surface area (Å²) in [7, 11) is 0. The van der Waals surface area contributed by atoms with Crippen LogP contribution in [0.25, 0.3) is 0 Å². The molecule has 0 aliphatic heterocycles. The fourth-order valence-corrected chi connectivity index (χ4v) is 2.40. The first-order valence-electron chi connectivity index (χ1n) is 8.29. The van der Waals surface area contributed by atoms with Gasteiger partial charge >= 0.3 is 5.97 Å². The van der Waals surface area contributed by atoms with Crippen LogP contribution in [0.3, 0.4) is 0 Å². The van der Waals surface area contributed by atoms with Gasteiger partial charge in [0.2, 0.25) is 0 Å². The molecule has 0 N–H and O–H groups in total. The lowest BCUT2D eigenvalue weighted by atomic mass is 10.1. The average molecular weight is 340 g/mol. The van der Waals surface area contributed by atoms with E-state index in [1.54, 1.807) is 36.1 Å². The molecule has 4 nitrogen and oxygen atoms in total. The van der Waals surface area contributed by atoms with Crippen molar-refractivity contribution in [1.29, 1.82) is 0 Å². The van der Waals surface area contributed by atoms with E-state index in [9.17, 15) is 9.59 Å². The molecular weight excluding hydrogens is 314 g/mol. The SMILES string of the molecule is CCCCCCN(CCC(=O)OCC)C(=O)c1ccc(Cl)cc1. The van der Waals surface area contributed by atoms with Crippen molar-refractivity contribution >= 4 is 23.5 Å². The molecule has 0 bridgehead atoms. The molecule has 23 heavy (non-hydrogen) atoms. The highest BCUT2D eigenvalue weighted by Gasteiger charge is 2.17. The minimum absolute atomic E-state index is 0.0672. The molecule has 1 aromatic rings. The van der Waals surface area contributed by atoms with Gasteiger partial charge in [0.05, 0.1) is 13.0 Å². The summed E-state index contributed by atoms with van der Waals surface area (Å²) >= 11 is 5.87. The summed E-state index contributed by atoms with van der Waals surface area (Å²) in [5, 5.41) is 0.600. The quantitative estimate of drug-likeness (QED) is 0.471. The highest BCUT2D eigenvalue weighted by atomic mass is 35.5. The number of rotatable bonds is 10. The number of benzene rings is 1. The van der Waals surface area contributed by atoms with Crippen LogP contribution in [0.15, 0.2) is 24.3 Å². The van der Waals surface area contributed by atoms with Crippen LogP contribution in [-0.2, 0) is 9.53 Å². The molecule has 1 rings (SSSR count). The summed E-state index contributed by atoms with van der Waals surface area (Å²) in [6, 6.07) is 6.84. The van der Waals surface area contributed by atoms with Crippen molar-refractivity contribution in [2.45, 2.75) is 46.0 Å². The molecule has 0 saturated carbocycles. The number of carbonyl (C=O) groups is 2. The molecule has 0 fully saturated rings. The van der Waals surface area contributed by atoms with Gasteiger partial charge in [-0.05, 0) is 37.6 Å². The maximum Gasteiger partial charge on any atom is 0.307 e. The van der Waals surface area contributed by atoms with E-state index in [-0.39, 0.29) is 18.3 Å². The monoisotopic (exact) mass is 339 g/mol. The van der Waals surface area contributed by atoms with Crippen LogP contribution in [0.5, 0.6) is 0 Å². The molecule has 0 aliphatic carbocycles. The van der Waals surface area contributed by atoms with E-state index >= 15 is 0 Å². The maximum atomic E-state index is 12.6. The average Bonchev–Trinajstić information content (AvgIpc) is 2.54. The minimum Gasteiger partial charge on any atom is -0.466 e. The van der Waals surface area contributed by atoms with Crippen molar-refractivity contribution in [3.8, 4) is 0 Å². The standard InChI is InChI=1S/C18H26ClNO3/c1-3-5-6-7-13-20(14-12-17(21)23-4-2)18(22)15-8-10-16(19)11-9-15/h8-11H,3-7,12-14H2,1-2H3. The second kappa shape index (κ2) is 11.1. The number of hydrogen-bond donors (Lipinski definition) is 0. The summed E-state index contributed by atoms with van der Waals surface area (Å²) in [5.74, 6) is -0.336. The normalized spacial score (nSPS) is 10.4. The number of hydrogen-bond acceptors (Lipinski definition) is 3. The van der Waals surface area contributed by atoms with Crippen LogP contribution in [0.2, 0.25) is 5.02 Å². The lowest BCUT2D eigenvalue weighted by Crippen LogP contribution is -2.34. The molecule has 5 heteroatoms. The maximum absolute atomic E-state index is 12.6. The minimum atomic E-state index is -0.269. The molecule has 128 valence electrons. The number of ether oxygens (including phenoxy) is 1. The summed E-state index contributed by atoms with van der Waals surface area (Å²) in [5.41, 5.74) is 0.591. The molecule has 0 spiro atoms. The van der Waals surface area contributed by atoms with Crippen LogP contribution in [0, 0.1) is 0 Å². The van der Waals surface area contributed by atoms with Crippen molar-refractivity contribution < 1.29 is 14.3 Å². The molecular formula is C18H26ClNO3.